The summed E-state index contributed by atoms with van der Waals surface area (Å²) in [7, 11) is 1.63. The summed E-state index contributed by atoms with van der Waals surface area (Å²) in [4.78, 5) is 38.2. The number of Topliss-reactive ketones (excluding diaryl/α,β-unsaturated/α-hetero) is 2. The van der Waals surface area contributed by atoms with E-state index in [4.69, 9.17) is 4.74 Å². The van der Waals surface area contributed by atoms with Gasteiger partial charge < -0.3 is 14.6 Å². The Morgan fingerprint density at radius 3 is 2.44 bits per heavy atom. The number of fused-ring (bicyclic) bond motifs is 2. The minimum atomic E-state index is -0.256. The van der Waals surface area contributed by atoms with Gasteiger partial charge in [-0.25, -0.2) is 0 Å². The molecule has 2 aromatic carbocycles. The highest BCUT2D eigenvalue weighted by Gasteiger charge is 2.32. The first-order valence-corrected chi connectivity index (χ1v) is 10.8. The van der Waals surface area contributed by atoms with Gasteiger partial charge in [-0.15, -0.1) is 0 Å². The lowest BCUT2D eigenvalue weighted by Crippen LogP contribution is -2.28. The number of nitrogens with zero attached hydrogens (tertiary/aromatic N) is 1. The zero-order valence-corrected chi connectivity index (χ0v) is 18.3. The van der Waals surface area contributed by atoms with Crippen molar-refractivity contribution in [2.24, 2.45) is 0 Å². The smallest absolute Gasteiger partial charge is 0.239 e. The molecule has 0 fully saturated rings. The summed E-state index contributed by atoms with van der Waals surface area (Å²) in [5.41, 5.74) is 3.86. The van der Waals surface area contributed by atoms with Crippen LogP contribution in [0.2, 0.25) is 0 Å². The van der Waals surface area contributed by atoms with Crippen molar-refractivity contribution in [2.45, 2.75) is 26.3 Å². The summed E-state index contributed by atoms with van der Waals surface area (Å²) >= 11 is 0. The van der Waals surface area contributed by atoms with Gasteiger partial charge in [-0.1, -0.05) is 49.4 Å². The molecule has 164 valence electrons. The highest BCUT2D eigenvalue weighted by molar-refractivity contribution is 6.41. The number of amides is 1. The number of aryl methyl sites for hydroxylation is 1. The van der Waals surface area contributed by atoms with E-state index in [0.29, 0.717) is 24.3 Å². The van der Waals surface area contributed by atoms with Crippen LogP contribution in [-0.2, 0) is 22.5 Å². The highest BCUT2D eigenvalue weighted by Crippen LogP contribution is 2.31. The molecule has 1 amide bonds. The maximum absolute atomic E-state index is 12.9. The van der Waals surface area contributed by atoms with Crippen molar-refractivity contribution < 1.29 is 19.1 Å². The molecule has 0 atom stereocenters. The van der Waals surface area contributed by atoms with Gasteiger partial charge in [0.25, 0.3) is 0 Å². The second kappa shape index (κ2) is 9.32. The molecular formula is C26H26N2O4. The van der Waals surface area contributed by atoms with Gasteiger partial charge in [0.1, 0.15) is 6.54 Å². The third-order valence-corrected chi connectivity index (χ3v) is 5.76. The van der Waals surface area contributed by atoms with Crippen molar-refractivity contribution in [1.29, 1.82) is 0 Å². The molecule has 0 spiro atoms. The molecule has 6 heteroatoms. The van der Waals surface area contributed by atoms with E-state index in [9.17, 15) is 14.4 Å². The van der Waals surface area contributed by atoms with Gasteiger partial charge in [-0.05, 0) is 24.5 Å². The lowest BCUT2D eigenvalue weighted by Gasteiger charge is -2.09. The molecule has 6 nitrogen and oxygen atoms in total. The zero-order chi connectivity index (χ0) is 22.7. The van der Waals surface area contributed by atoms with Gasteiger partial charge in [-0.2, -0.15) is 0 Å². The highest BCUT2D eigenvalue weighted by atomic mass is 16.5. The number of methoxy groups -OCH3 is 1. The molecule has 0 unspecified atom stereocenters. The molecular weight excluding hydrogens is 404 g/mol. The quantitative estimate of drug-likeness (QED) is 0.335. The van der Waals surface area contributed by atoms with Crippen LogP contribution < -0.4 is 5.32 Å². The summed E-state index contributed by atoms with van der Waals surface area (Å²) in [6.07, 6.45) is 5.07. The number of hydrogen-bond donors (Lipinski definition) is 1. The summed E-state index contributed by atoms with van der Waals surface area (Å²) < 4.78 is 6.93. The molecule has 0 saturated heterocycles. The molecule has 0 aliphatic heterocycles. The van der Waals surface area contributed by atoms with E-state index < -0.39 is 0 Å². The molecule has 32 heavy (non-hydrogen) atoms. The average Bonchev–Trinajstić information content (AvgIpc) is 3.27. The van der Waals surface area contributed by atoms with Gasteiger partial charge in [-0.3, -0.25) is 14.4 Å². The standard InChI is InChI=1S/C26H26N2O4/c1-3-17-8-6-11-19-18(14-22-25(30)20-9-4-5-10-21(20)26(22)31)15-28(24(17)19)16-23(29)27-12-7-13-32-2/h4-6,8-11,14-15H,3,7,12-13,16H2,1-2H3,(H,27,29). The number of hydrogen-bond acceptors (Lipinski definition) is 4. The maximum atomic E-state index is 12.9. The molecule has 4 rings (SSSR count). The Hall–Kier alpha value is -3.51. The van der Waals surface area contributed by atoms with Crippen molar-refractivity contribution in [1.82, 2.24) is 9.88 Å². The summed E-state index contributed by atoms with van der Waals surface area (Å²) in [5, 5.41) is 3.83. The fraction of sp³-hybridized carbons (Fsp3) is 0.269. The van der Waals surface area contributed by atoms with Gasteiger partial charge in [0.2, 0.25) is 5.91 Å². The first-order valence-electron chi connectivity index (χ1n) is 10.8. The Balaban J connectivity index is 1.71. The first kappa shape index (κ1) is 21.7. The van der Waals surface area contributed by atoms with Crippen LogP contribution >= 0.6 is 0 Å². The molecule has 0 radical (unpaired) electrons. The van der Waals surface area contributed by atoms with E-state index in [0.717, 1.165) is 34.9 Å². The summed E-state index contributed by atoms with van der Waals surface area (Å²) in [5.74, 6) is -0.605. The van der Waals surface area contributed by atoms with Crippen molar-refractivity contribution in [2.75, 3.05) is 20.3 Å². The van der Waals surface area contributed by atoms with Crippen LogP contribution in [0.4, 0.5) is 0 Å². The lowest BCUT2D eigenvalue weighted by atomic mass is 10.0. The number of benzene rings is 2. The van der Waals surface area contributed by atoms with Crippen LogP contribution in [0.25, 0.3) is 17.0 Å². The molecule has 1 heterocycles. The predicted molar refractivity (Wildman–Crippen MR) is 124 cm³/mol. The summed E-state index contributed by atoms with van der Waals surface area (Å²) in [6, 6.07) is 12.9. The van der Waals surface area contributed by atoms with E-state index >= 15 is 0 Å². The fourth-order valence-corrected chi connectivity index (χ4v) is 4.20. The number of allylic oxidation sites excluding steroid dienone is 1. The number of carbonyl (C=O) groups is 3. The van der Waals surface area contributed by atoms with Crippen LogP contribution in [0.3, 0.4) is 0 Å². The predicted octanol–water partition coefficient (Wildman–Crippen LogP) is 3.82. The Labute approximate surface area is 186 Å². The molecule has 1 aliphatic rings. The second-order valence-electron chi connectivity index (χ2n) is 7.84. The lowest BCUT2D eigenvalue weighted by molar-refractivity contribution is -0.121. The number of para-hydroxylation sites is 1. The van der Waals surface area contributed by atoms with Crippen molar-refractivity contribution in [3.05, 3.63) is 76.5 Å². The van der Waals surface area contributed by atoms with Crippen molar-refractivity contribution in [3.8, 4) is 0 Å². The largest absolute Gasteiger partial charge is 0.385 e. The van der Waals surface area contributed by atoms with Crippen LogP contribution in [-0.4, -0.2) is 42.3 Å². The van der Waals surface area contributed by atoms with E-state index in [1.165, 1.54) is 0 Å². The summed E-state index contributed by atoms with van der Waals surface area (Å²) in [6.45, 7) is 3.36. The molecule has 0 saturated carbocycles. The zero-order valence-electron chi connectivity index (χ0n) is 18.3. The van der Waals surface area contributed by atoms with Crippen LogP contribution in [0.1, 0.15) is 45.2 Å². The van der Waals surface area contributed by atoms with Crippen LogP contribution in [0.5, 0.6) is 0 Å². The average molecular weight is 431 g/mol. The number of ketones is 2. The van der Waals surface area contributed by atoms with Crippen LogP contribution in [0.15, 0.2) is 54.2 Å². The molecule has 3 aromatic rings. The number of nitrogens with one attached hydrogen (secondary N) is 1. The number of aromatic nitrogens is 1. The minimum absolute atomic E-state index is 0.0939. The maximum Gasteiger partial charge on any atom is 0.239 e. The number of carbonyl (C=O) groups excluding carboxylic acids is 3. The van der Waals surface area contributed by atoms with E-state index in [2.05, 4.69) is 12.2 Å². The Kier molecular flexibility index (Phi) is 6.32. The Bertz CT molecular complexity index is 1200. The van der Waals surface area contributed by atoms with Gasteiger partial charge >= 0.3 is 0 Å². The van der Waals surface area contributed by atoms with E-state index in [-0.39, 0.29) is 29.6 Å². The minimum Gasteiger partial charge on any atom is -0.385 e. The Morgan fingerprint density at radius 2 is 1.78 bits per heavy atom. The number of rotatable bonds is 8. The first-order chi connectivity index (χ1) is 15.5. The molecule has 1 N–H and O–H groups in total. The van der Waals surface area contributed by atoms with Crippen molar-refractivity contribution in [3.63, 3.8) is 0 Å². The molecule has 1 aromatic heterocycles. The Morgan fingerprint density at radius 1 is 1.06 bits per heavy atom. The van der Waals surface area contributed by atoms with E-state index in [1.54, 1.807) is 37.5 Å². The van der Waals surface area contributed by atoms with Gasteiger partial charge in [0.05, 0.1) is 11.1 Å². The third kappa shape index (κ3) is 4.01. The third-order valence-electron chi connectivity index (χ3n) is 5.76. The fourth-order valence-electron chi connectivity index (χ4n) is 4.20. The second-order valence-corrected chi connectivity index (χ2v) is 7.84. The molecule has 1 aliphatic carbocycles. The normalized spacial score (nSPS) is 13.0. The van der Waals surface area contributed by atoms with E-state index in [1.807, 2.05) is 29.0 Å². The van der Waals surface area contributed by atoms with Crippen molar-refractivity contribution >= 4 is 34.5 Å². The SMILES string of the molecule is CCc1cccc2c(C=C3C(=O)c4ccccc4C3=O)cn(CC(=O)NCCCOC)c12. The van der Waals surface area contributed by atoms with Crippen LogP contribution in [0, 0.1) is 0 Å². The topological polar surface area (TPSA) is 77.4 Å². The molecule has 0 bridgehead atoms. The monoisotopic (exact) mass is 430 g/mol. The van der Waals surface area contributed by atoms with Gasteiger partial charge in [0, 0.05) is 48.5 Å². The van der Waals surface area contributed by atoms with Gasteiger partial charge in [0.15, 0.2) is 11.6 Å². The number of ether oxygens (including phenoxy) is 1.